The van der Waals surface area contributed by atoms with E-state index < -0.39 is 5.92 Å². The van der Waals surface area contributed by atoms with Crippen LogP contribution in [0.5, 0.6) is 0 Å². The van der Waals surface area contributed by atoms with Crippen LogP contribution in [0.15, 0.2) is 59.0 Å². The molecule has 2 aromatic heterocycles. The highest BCUT2D eigenvalue weighted by atomic mass is 16.3. The Labute approximate surface area is 173 Å². The van der Waals surface area contributed by atoms with Crippen molar-refractivity contribution >= 4 is 28.5 Å². The summed E-state index contributed by atoms with van der Waals surface area (Å²) in [7, 11) is 0. The largest absolute Gasteiger partial charge is 0.453 e. The Morgan fingerprint density at radius 1 is 1.20 bits per heavy atom. The Balaban J connectivity index is 1.60. The molecule has 2 aromatic carbocycles. The summed E-state index contributed by atoms with van der Waals surface area (Å²) in [5, 5.41) is 8.45. The number of aromatic nitrogens is 2. The molecular formula is C24H21N3O3. The van der Waals surface area contributed by atoms with E-state index in [0.717, 1.165) is 28.8 Å². The number of carbonyl (C=O) groups is 2. The van der Waals surface area contributed by atoms with Gasteiger partial charge in [0.15, 0.2) is 5.76 Å². The first-order chi connectivity index (χ1) is 14.5. The Bertz CT molecular complexity index is 1270. The van der Waals surface area contributed by atoms with Crippen LogP contribution in [0.25, 0.3) is 16.7 Å². The molecule has 6 nitrogen and oxygen atoms in total. The minimum atomic E-state index is -0.627. The summed E-state index contributed by atoms with van der Waals surface area (Å²) in [6, 6.07) is 17.3. The molecule has 1 N–H and O–H groups in total. The van der Waals surface area contributed by atoms with E-state index in [0.29, 0.717) is 11.4 Å². The summed E-state index contributed by atoms with van der Waals surface area (Å²) in [5.74, 6) is -0.206. The smallest absolute Gasteiger partial charge is 0.226 e. The van der Waals surface area contributed by atoms with Crippen LogP contribution in [0.2, 0.25) is 0 Å². The highest BCUT2D eigenvalue weighted by Crippen LogP contribution is 2.39. The van der Waals surface area contributed by atoms with E-state index in [4.69, 9.17) is 4.42 Å². The molecule has 0 fully saturated rings. The molecule has 6 heteroatoms. The maximum absolute atomic E-state index is 13.4. The van der Waals surface area contributed by atoms with Crippen molar-refractivity contribution in [3.8, 4) is 5.69 Å². The predicted molar refractivity (Wildman–Crippen MR) is 114 cm³/mol. The molecule has 5 rings (SSSR count). The molecule has 150 valence electrons. The molecular weight excluding hydrogens is 378 g/mol. The molecule has 1 aliphatic heterocycles. The lowest BCUT2D eigenvalue weighted by atomic mass is 9.87. The molecule has 4 aromatic rings. The second-order valence-electron chi connectivity index (χ2n) is 7.60. The fourth-order valence-corrected chi connectivity index (χ4v) is 4.14. The number of benzene rings is 2. The minimum Gasteiger partial charge on any atom is -0.453 e. The van der Waals surface area contributed by atoms with Crippen molar-refractivity contribution in [1.29, 1.82) is 0 Å². The summed E-state index contributed by atoms with van der Waals surface area (Å²) in [4.78, 5) is 25.9. The zero-order valence-electron chi connectivity index (χ0n) is 16.8. The zero-order chi connectivity index (χ0) is 20.8. The molecule has 0 radical (unpaired) electrons. The Morgan fingerprint density at radius 3 is 2.83 bits per heavy atom. The number of para-hydroxylation sites is 1. The topological polar surface area (TPSA) is 77.1 Å². The Hall–Kier alpha value is -3.67. The average Bonchev–Trinajstić information content (AvgIpc) is 3.34. The van der Waals surface area contributed by atoms with Gasteiger partial charge in [-0.25, -0.2) is 4.68 Å². The fourth-order valence-electron chi connectivity index (χ4n) is 4.14. The van der Waals surface area contributed by atoms with E-state index in [1.165, 1.54) is 5.56 Å². The molecule has 1 aliphatic rings. The number of ketones is 1. The van der Waals surface area contributed by atoms with Crippen molar-refractivity contribution in [1.82, 2.24) is 9.78 Å². The number of hydrogen-bond acceptors (Lipinski definition) is 4. The Morgan fingerprint density at radius 2 is 2.03 bits per heavy atom. The number of furan rings is 1. The van der Waals surface area contributed by atoms with Crippen molar-refractivity contribution in [2.45, 2.75) is 32.6 Å². The Kier molecular flexibility index (Phi) is 4.28. The molecule has 0 aliphatic carbocycles. The first-order valence-electron chi connectivity index (χ1n) is 10.1. The highest BCUT2D eigenvalue weighted by Gasteiger charge is 2.37. The number of carbonyl (C=O) groups excluding carboxylic acids is 2. The second kappa shape index (κ2) is 6.99. The molecule has 0 bridgehead atoms. The average molecular weight is 399 g/mol. The van der Waals surface area contributed by atoms with Gasteiger partial charge in [-0.2, -0.15) is 5.10 Å². The van der Waals surface area contributed by atoms with Crippen LogP contribution < -0.4 is 5.32 Å². The van der Waals surface area contributed by atoms with Gasteiger partial charge in [-0.05, 0) is 43.2 Å². The van der Waals surface area contributed by atoms with Crippen LogP contribution in [0.4, 0.5) is 5.82 Å². The van der Waals surface area contributed by atoms with E-state index in [2.05, 4.69) is 23.4 Å². The number of rotatable bonds is 4. The first kappa shape index (κ1) is 18.4. The van der Waals surface area contributed by atoms with E-state index in [1.807, 2.05) is 49.4 Å². The van der Waals surface area contributed by atoms with Crippen molar-refractivity contribution in [2.75, 3.05) is 5.32 Å². The monoisotopic (exact) mass is 399 g/mol. The third-order valence-corrected chi connectivity index (χ3v) is 5.65. The maximum Gasteiger partial charge on any atom is 0.226 e. The van der Waals surface area contributed by atoms with Crippen LogP contribution in [0, 0.1) is 6.92 Å². The second-order valence-corrected chi connectivity index (χ2v) is 7.60. The van der Waals surface area contributed by atoms with Gasteiger partial charge in [0.25, 0.3) is 0 Å². The quantitative estimate of drug-likeness (QED) is 0.500. The van der Waals surface area contributed by atoms with Crippen molar-refractivity contribution < 1.29 is 14.0 Å². The molecule has 1 atom stereocenters. The van der Waals surface area contributed by atoms with Crippen molar-refractivity contribution in [3.63, 3.8) is 0 Å². The van der Waals surface area contributed by atoms with Gasteiger partial charge < -0.3 is 9.73 Å². The van der Waals surface area contributed by atoms with Gasteiger partial charge in [-0.1, -0.05) is 37.3 Å². The van der Waals surface area contributed by atoms with Crippen LogP contribution in [0.1, 0.15) is 46.6 Å². The number of nitrogens with one attached hydrogen (secondary N) is 1. The summed E-state index contributed by atoms with van der Waals surface area (Å²) >= 11 is 0. The molecule has 0 saturated carbocycles. The van der Waals surface area contributed by atoms with E-state index >= 15 is 0 Å². The fraction of sp³-hybridized carbons (Fsp3) is 0.208. The van der Waals surface area contributed by atoms with Crippen molar-refractivity contribution in [2.24, 2.45) is 0 Å². The number of Topliss-reactive ketones (excluding diaryl/α,β-unsaturated/α-hetero) is 1. The molecule has 0 spiro atoms. The lowest BCUT2D eigenvalue weighted by Crippen LogP contribution is -2.28. The number of fused-ring (bicyclic) bond motifs is 2. The van der Waals surface area contributed by atoms with E-state index in [1.54, 1.807) is 10.7 Å². The van der Waals surface area contributed by atoms with Gasteiger partial charge in [0.2, 0.25) is 11.7 Å². The third kappa shape index (κ3) is 2.92. The van der Waals surface area contributed by atoms with E-state index in [9.17, 15) is 9.59 Å². The molecule has 3 heterocycles. The summed E-state index contributed by atoms with van der Waals surface area (Å²) in [5.41, 5.74) is 4.16. The van der Waals surface area contributed by atoms with Gasteiger partial charge >= 0.3 is 0 Å². The SMILES string of the molecule is CCc1cccc(-n2nc(C)c3c2NC(=O)CC3C(=O)c2cc3ccccc3o2)c1. The molecule has 1 amide bonds. The van der Waals surface area contributed by atoms with Crippen LogP contribution >= 0.6 is 0 Å². The van der Waals surface area contributed by atoms with Gasteiger partial charge in [-0.3, -0.25) is 9.59 Å². The number of nitrogens with zero attached hydrogens (tertiary/aromatic N) is 2. The number of hydrogen-bond donors (Lipinski definition) is 1. The van der Waals surface area contributed by atoms with Crippen LogP contribution in [0.3, 0.4) is 0 Å². The minimum absolute atomic E-state index is 0.0738. The van der Waals surface area contributed by atoms with Gasteiger partial charge in [0, 0.05) is 17.4 Å². The summed E-state index contributed by atoms with van der Waals surface area (Å²) in [6.45, 7) is 3.96. The predicted octanol–water partition coefficient (Wildman–Crippen LogP) is 4.80. The van der Waals surface area contributed by atoms with Crippen LogP contribution in [-0.2, 0) is 11.2 Å². The van der Waals surface area contributed by atoms with Crippen LogP contribution in [-0.4, -0.2) is 21.5 Å². The normalized spacial score (nSPS) is 15.8. The lowest BCUT2D eigenvalue weighted by Gasteiger charge is -2.22. The third-order valence-electron chi connectivity index (χ3n) is 5.65. The van der Waals surface area contributed by atoms with E-state index in [-0.39, 0.29) is 23.9 Å². The van der Waals surface area contributed by atoms with Gasteiger partial charge in [-0.15, -0.1) is 0 Å². The maximum atomic E-state index is 13.4. The van der Waals surface area contributed by atoms with Gasteiger partial charge in [0.1, 0.15) is 11.4 Å². The lowest BCUT2D eigenvalue weighted by molar-refractivity contribution is -0.116. The number of aryl methyl sites for hydroxylation is 2. The molecule has 1 unspecified atom stereocenters. The summed E-state index contributed by atoms with van der Waals surface area (Å²) < 4.78 is 7.51. The van der Waals surface area contributed by atoms with Crippen molar-refractivity contribution in [3.05, 3.63) is 77.2 Å². The first-order valence-corrected chi connectivity index (χ1v) is 10.1. The highest BCUT2D eigenvalue weighted by molar-refractivity contribution is 6.08. The molecule has 0 saturated heterocycles. The van der Waals surface area contributed by atoms with Gasteiger partial charge in [0.05, 0.1) is 17.3 Å². The zero-order valence-corrected chi connectivity index (χ0v) is 16.8. The number of anilines is 1. The molecule has 30 heavy (non-hydrogen) atoms. The number of amides is 1. The standard InChI is InChI=1S/C24H21N3O3/c1-3-15-7-6-9-17(11-15)27-24-22(14(2)26-27)18(13-21(28)25-24)23(29)20-12-16-8-4-5-10-19(16)30-20/h4-12,18H,3,13H2,1-2H3,(H,25,28). The summed E-state index contributed by atoms with van der Waals surface area (Å²) in [6.07, 6.45) is 0.972.